The van der Waals surface area contributed by atoms with E-state index >= 15 is 0 Å². The van der Waals surface area contributed by atoms with Crippen molar-refractivity contribution in [3.8, 4) is 0 Å². The molecule has 138 valence electrons. The molecule has 1 aromatic heterocycles. The van der Waals surface area contributed by atoms with Crippen LogP contribution in [0.2, 0.25) is 0 Å². The van der Waals surface area contributed by atoms with Gasteiger partial charge in [-0.2, -0.15) is 0 Å². The summed E-state index contributed by atoms with van der Waals surface area (Å²) in [5, 5.41) is 0. The van der Waals surface area contributed by atoms with Gasteiger partial charge in [-0.15, -0.1) is 0 Å². The standard InChI is InChI=1S/C19H29N3O3/c1-19(2,3)25-18(24)21-11-5-7-14(13-21)17(23)22-12-6-9-16(22)15-8-4-10-20-15/h4,8,10,14,16,20H,5-7,9,11-13H2,1-3H3. The maximum Gasteiger partial charge on any atom is 0.410 e. The Bertz CT molecular complexity index is 606. The van der Waals surface area contributed by atoms with E-state index in [2.05, 4.69) is 4.98 Å². The first kappa shape index (κ1) is 17.8. The highest BCUT2D eigenvalue weighted by Gasteiger charge is 2.37. The number of carbonyl (C=O) groups excluding carboxylic acids is 2. The lowest BCUT2D eigenvalue weighted by molar-refractivity contribution is -0.138. The van der Waals surface area contributed by atoms with Crippen LogP contribution in [0.25, 0.3) is 0 Å². The second kappa shape index (κ2) is 7.10. The number of piperidine rings is 1. The Kier molecular flexibility index (Phi) is 5.06. The highest BCUT2D eigenvalue weighted by Crippen LogP contribution is 2.33. The minimum absolute atomic E-state index is 0.128. The number of rotatable bonds is 2. The van der Waals surface area contributed by atoms with Gasteiger partial charge in [-0.1, -0.05) is 0 Å². The zero-order chi connectivity index (χ0) is 18.0. The number of likely N-dealkylation sites (tertiary alicyclic amines) is 2. The fraction of sp³-hybridized carbons (Fsp3) is 0.684. The molecule has 0 saturated carbocycles. The third kappa shape index (κ3) is 4.17. The Morgan fingerprint density at radius 3 is 2.64 bits per heavy atom. The van der Waals surface area contributed by atoms with Gasteiger partial charge in [0.15, 0.2) is 0 Å². The van der Waals surface area contributed by atoms with Crippen LogP contribution < -0.4 is 0 Å². The molecule has 2 aliphatic heterocycles. The number of H-pyrrole nitrogens is 1. The van der Waals surface area contributed by atoms with Gasteiger partial charge < -0.3 is 19.5 Å². The molecule has 2 unspecified atom stereocenters. The van der Waals surface area contributed by atoms with Crippen LogP contribution in [0.5, 0.6) is 0 Å². The lowest BCUT2D eigenvalue weighted by Crippen LogP contribution is -2.47. The smallest absolute Gasteiger partial charge is 0.410 e. The maximum atomic E-state index is 13.1. The molecule has 25 heavy (non-hydrogen) atoms. The van der Waals surface area contributed by atoms with Gasteiger partial charge in [0, 0.05) is 31.5 Å². The molecule has 3 rings (SSSR count). The first-order valence-electron chi connectivity index (χ1n) is 9.27. The normalized spacial score (nSPS) is 24.4. The highest BCUT2D eigenvalue weighted by molar-refractivity contribution is 5.81. The number of ether oxygens (including phenoxy) is 1. The molecule has 2 atom stereocenters. The molecule has 2 amide bonds. The Morgan fingerprint density at radius 1 is 1.20 bits per heavy atom. The molecule has 0 spiro atoms. The first-order valence-corrected chi connectivity index (χ1v) is 9.27. The lowest BCUT2D eigenvalue weighted by Gasteiger charge is -2.36. The van der Waals surface area contributed by atoms with Crippen molar-refractivity contribution in [1.82, 2.24) is 14.8 Å². The topological polar surface area (TPSA) is 65.6 Å². The van der Waals surface area contributed by atoms with Crippen molar-refractivity contribution in [2.45, 2.75) is 58.1 Å². The van der Waals surface area contributed by atoms with E-state index in [1.54, 1.807) is 4.90 Å². The molecule has 1 N–H and O–H groups in total. The molecule has 1 aromatic rings. The fourth-order valence-corrected chi connectivity index (χ4v) is 3.81. The lowest BCUT2D eigenvalue weighted by atomic mass is 9.96. The van der Waals surface area contributed by atoms with Crippen LogP contribution in [0.15, 0.2) is 18.3 Å². The fourth-order valence-electron chi connectivity index (χ4n) is 3.81. The van der Waals surface area contributed by atoms with Crippen molar-refractivity contribution in [2.75, 3.05) is 19.6 Å². The average Bonchev–Trinajstić information content (AvgIpc) is 3.23. The van der Waals surface area contributed by atoms with Crippen molar-refractivity contribution in [3.63, 3.8) is 0 Å². The maximum absolute atomic E-state index is 13.1. The molecule has 2 saturated heterocycles. The van der Waals surface area contributed by atoms with Gasteiger partial charge >= 0.3 is 6.09 Å². The van der Waals surface area contributed by atoms with Crippen molar-refractivity contribution in [2.24, 2.45) is 5.92 Å². The van der Waals surface area contributed by atoms with Crippen LogP contribution >= 0.6 is 0 Å². The van der Waals surface area contributed by atoms with E-state index in [9.17, 15) is 9.59 Å². The molecule has 6 nitrogen and oxygen atoms in total. The van der Waals surface area contributed by atoms with E-state index in [0.29, 0.717) is 13.1 Å². The van der Waals surface area contributed by atoms with E-state index in [4.69, 9.17) is 4.74 Å². The summed E-state index contributed by atoms with van der Waals surface area (Å²) >= 11 is 0. The molecule has 6 heteroatoms. The minimum Gasteiger partial charge on any atom is -0.444 e. The van der Waals surface area contributed by atoms with Crippen LogP contribution in [0.1, 0.15) is 58.2 Å². The van der Waals surface area contributed by atoms with Gasteiger partial charge in [-0.05, 0) is 58.6 Å². The van der Waals surface area contributed by atoms with E-state index < -0.39 is 5.60 Å². The van der Waals surface area contributed by atoms with Crippen LogP contribution in [0.4, 0.5) is 4.79 Å². The number of hydrogen-bond acceptors (Lipinski definition) is 3. The number of aromatic amines is 1. The summed E-state index contributed by atoms with van der Waals surface area (Å²) in [6.07, 6.45) is 5.30. The summed E-state index contributed by atoms with van der Waals surface area (Å²) in [7, 11) is 0. The predicted molar refractivity (Wildman–Crippen MR) is 95.0 cm³/mol. The number of hydrogen-bond donors (Lipinski definition) is 1. The molecule has 0 aliphatic carbocycles. The largest absolute Gasteiger partial charge is 0.444 e. The van der Waals surface area contributed by atoms with Crippen molar-refractivity contribution < 1.29 is 14.3 Å². The average molecular weight is 347 g/mol. The predicted octanol–water partition coefficient (Wildman–Crippen LogP) is 3.33. The summed E-state index contributed by atoms with van der Waals surface area (Å²) in [6.45, 7) is 7.51. The number of amides is 2. The molecule has 2 aliphatic rings. The quantitative estimate of drug-likeness (QED) is 0.892. The highest BCUT2D eigenvalue weighted by atomic mass is 16.6. The summed E-state index contributed by atoms with van der Waals surface area (Å²) in [6, 6.07) is 4.16. The van der Waals surface area contributed by atoms with Gasteiger partial charge in [0.1, 0.15) is 5.60 Å². The second-order valence-electron chi connectivity index (χ2n) is 8.08. The van der Waals surface area contributed by atoms with Crippen LogP contribution in [0.3, 0.4) is 0 Å². The Hall–Kier alpha value is -1.98. The summed E-state index contributed by atoms with van der Waals surface area (Å²) < 4.78 is 5.47. The van der Waals surface area contributed by atoms with Crippen LogP contribution in [-0.4, -0.2) is 52.0 Å². The molecule has 0 bridgehead atoms. The zero-order valence-corrected chi connectivity index (χ0v) is 15.5. The number of aromatic nitrogens is 1. The second-order valence-corrected chi connectivity index (χ2v) is 8.08. The van der Waals surface area contributed by atoms with Crippen molar-refractivity contribution in [3.05, 3.63) is 24.0 Å². The number of carbonyl (C=O) groups is 2. The Balaban J connectivity index is 1.64. The summed E-state index contributed by atoms with van der Waals surface area (Å²) in [5.41, 5.74) is 0.590. The molecular weight excluding hydrogens is 318 g/mol. The monoisotopic (exact) mass is 347 g/mol. The SMILES string of the molecule is CC(C)(C)OC(=O)N1CCCC(C(=O)N2CCCC2c2ccc[nH]2)C1. The van der Waals surface area contributed by atoms with Crippen molar-refractivity contribution in [1.29, 1.82) is 0 Å². The van der Waals surface area contributed by atoms with E-state index in [0.717, 1.165) is 37.9 Å². The Morgan fingerprint density at radius 2 is 1.96 bits per heavy atom. The van der Waals surface area contributed by atoms with Gasteiger partial charge in [0.25, 0.3) is 0 Å². The van der Waals surface area contributed by atoms with E-state index in [-0.39, 0.29) is 24.0 Å². The summed E-state index contributed by atoms with van der Waals surface area (Å²) in [4.78, 5) is 32.3. The third-order valence-corrected chi connectivity index (χ3v) is 4.94. The van der Waals surface area contributed by atoms with Gasteiger partial charge in [-0.3, -0.25) is 4.79 Å². The van der Waals surface area contributed by atoms with Gasteiger partial charge in [0.2, 0.25) is 5.91 Å². The van der Waals surface area contributed by atoms with Crippen molar-refractivity contribution >= 4 is 12.0 Å². The van der Waals surface area contributed by atoms with Gasteiger partial charge in [-0.25, -0.2) is 4.79 Å². The molecule has 0 aromatic carbocycles. The van der Waals surface area contributed by atoms with E-state index in [1.807, 2.05) is 44.0 Å². The van der Waals surface area contributed by atoms with Crippen LogP contribution in [0, 0.1) is 5.92 Å². The van der Waals surface area contributed by atoms with Crippen LogP contribution in [-0.2, 0) is 9.53 Å². The summed E-state index contributed by atoms with van der Waals surface area (Å²) in [5.74, 6) is 0.0437. The Labute approximate surface area is 149 Å². The number of nitrogens with one attached hydrogen (secondary N) is 1. The number of nitrogens with zero attached hydrogens (tertiary/aromatic N) is 2. The first-order chi connectivity index (χ1) is 11.8. The molecule has 0 radical (unpaired) electrons. The molecule has 2 fully saturated rings. The van der Waals surface area contributed by atoms with E-state index in [1.165, 1.54) is 0 Å². The molecule has 3 heterocycles. The molecular formula is C19H29N3O3. The van der Waals surface area contributed by atoms with Gasteiger partial charge in [0.05, 0.1) is 12.0 Å². The minimum atomic E-state index is -0.512. The third-order valence-electron chi connectivity index (χ3n) is 4.94. The zero-order valence-electron chi connectivity index (χ0n) is 15.5.